The van der Waals surface area contributed by atoms with E-state index in [0.29, 0.717) is 46.1 Å². The van der Waals surface area contributed by atoms with Gasteiger partial charge >= 0.3 is 0 Å². The number of nitrogens with zero attached hydrogens (tertiary/aromatic N) is 2. The minimum Gasteiger partial charge on any atom is -0.495 e. The molecule has 1 saturated carbocycles. The zero-order valence-corrected chi connectivity index (χ0v) is 16.8. The van der Waals surface area contributed by atoms with Crippen LogP contribution in [0.3, 0.4) is 0 Å². The van der Waals surface area contributed by atoms with Crippen molar-refractivity contribution in [2.75, 3.05) is 11.8 Å². The first-order valence-electron chi connectivity index (χ1n) is 9.09. The van der Waals surface area contributed by atoms with E-state index in [9.17, 15) is 8.42 Å². The third-order valence-corrected chi connectivity index (χ3v) is 6.74. The molecular formula is C19H22N4O4S. The van der Waals surface area contributed by atoms with E-state index in [-0.39, 0.29) is 4.90 Å². The van der Waals surface area contributed by atoms with Gasteiger partial charge in [-0.1, -0.05) is 18.6 Å². The molecule has 0 amide bonds. The normalized spacial score (nSPS) is 14.7. The molecule has 0 saturated heterocycles. The van der Waals surface area contributed by atoms with Crippen LogP contribution < -0.4 is 9.46 Å². The lowest BCUT2D eigenvalue weighted by Gasteiger charge is -2.20. The van der Waals surface area contributed by atoms with Gasteiger partial charge in [0.25, 0.3) is 15.9 Å². The molecule has 0 unspecified atom stereocenters. The molecule has 2 N–H and O–H groups in total. The molecule has 4 rings (SSSR count). The van der Waals surface area contributed by atoms with Crippen LogP contribution >= 0.6 is 0 Å². The number of para-hydroxylation sites is 2. The van der Waals surface area contributed by atoms with Crippen LogP contribution in [0.5, 0.6) is 5.75 Å². The maximum Gasteiger partial charge on any atom is 0.264 e. The zero-order valence-electron chi connectivity index (χ0n) is 15.9. The molecule has 0 aliphatic heterocycles. The third-order valence-electron chi connectivity index (χ3n) is 5.10. The van der Waals surface area contributed by atoms with Crippen molar-refractivity contribution >= 4 is 15.7 Å². The van der Waals surface area contributed by atoms with Crippen LogP contribution in [0.15, 0.2) is 33.6 Å². The molecule has 2 heterocycles. The molecule has 8 nitrogen and oxygen atoms in total. The smallest absolute Gasteiger partial charge is 0.264 e. The first kappa shape index (κ1) is 18.5. The Morgan fingerprint density at radius 2 is 1.96 bits per heavy atom. The van der Waals surface area contributed by atoms with Crippen LogP contribution in [0, 0.1) is 13.8 Å². The minimum absolute atomic E-state index is 0.164. The van der Waals surface area contributed by atoms with Gasteiger partial charge in [0.15, 0.2) is 0 Å². The van der Waals surface area contributed by atoms with Crippen LogP contribution in [-0.4, -0.2) is 30.7 Å². The Balaban J connectivity index is 1.69. The highest BCUT2D eigenvalue weighted by Gasteiger charge is 2.29. The number of hydrogen-bond acceptors (Lipinski definition) is 6. The molecule has 0 radical (unpaired) electrons. The van der Waals surface area contributed by atoms with Gasteiger partial charge < -0.3 is 14.1 Å². The first-order valence-corrected chi connectivity index (χ1v) is 10.6. The Kier molecular flexibility index (Phi) is 4.62. The minimum atomic E-state index is -3.85. The lowest BCUT2D eigenvalue weighted by Crippen LogP contribution is -2.15. The van der Waals surface area contributed by atoms with Crippen LogP contribution in [0.1, 0.15) is 42.3 Å². The van der Waals surface area contributed by atoms with Crippen LogP contribution in [0.4, 0.5) is 5.69 Å². The van der Waals surface area contributed by atoms with Gasteiger partial charge in [0.1, 0.15) is 16.3 Å². The molecule has 1 fully saturated rings. The number of aromatic nitrogens is 3. The van der Waals surface area contributed by atoms with Crippen LogP contribution in [0.25, 0.3) is 11.6 Å². The zero-order chi connectivity index (χ0) is 19.9. The summed E-state index contributed by atoms with van der Waals surface area (Å²) in [7, 11) is -2.36. The number of aryl methyl sites for hydroxylation is 1. The summed E-state index contributed by atoms with van der Waals surface area (Å²) in [6.07, 6.45) is 3.26. The van der Waals surface area contributed by atoms with E-state index in [1.54, 1.807) is 38.1 Å². The summed E-state index contributed by atoms with van der Waals surface area (Å²) in [5.74, 6) is 1.68. The fourth-order valence-electron chi connectivity index (χ4n) is 3.43. The number of hydrogen-bond donors (Lipinski definition) is 2. The number of H-pyrrole nitrogens is 1. The van der Waals surface area contributed by atoms with Crippen molar-refractivity contribution in [1.82, 2.24) is 15.2 Å². The number of nitrogens with one attached hydrogen (secondary N) is 2. The molecule has 2 aromatic heterocycles. The molecule has 9 heteroatoms. The molecule has 148 valence electrons. The van der Waals surface area contributed by atoms with E-state index in [4.69, 9.17) is 9.15 Å². The molecule has 3 aromatic rings. The van der Waals surface area contributed by atoms with Crippen molar-refractivity contribution in [3.05, 3.63) is 41.4 Å². The van der Waals surface area contributed by atoms with Crippen molar-refractivity contribution in [3.63, 3.8) is 0 Å². The average molecular weight is 402 g/mol. The van der Waals surface area contributed by atoms with E-state index in [0.717, 1.165) is 12.8 Å². The van der Waals surface area contributed by atoms with E-state index in [1.807, 2.05) is 0 Å². The van der Waals surface area contributed by atoms with Gasteiger partial charge in [0, 0.05) is 17.2 Å². The number of ether oxygens (including phenoxy) is 1. The topological polar surface area (TPSA) is 110 Å². The van der Waals surface area contributed by atoms with Gasteiger partial charge in [-0.05, 0) is 38.8 Å². The summed E-state index contributed by atoms with van der Waals surface area (Å²) in [6.45, 7) is 3.43. The quantitative estimate of drug-likeness (QED) is 0.650. The largest absolute Gasteiger partial charge is 0.495 e. The average Bonchev–Trinajstić information content (AvgIpc) is 3.18. The van der Waals surface area contributed by atoms with Crippen molar-refractivity contribution in [1.29, 1.82) is 0 Å². The Hall–Kier alpha value is -2.81. The highest BCUT2D eigenvalue weighted by Crippen LogP contribution is 2.38. The van der Waals surface area contributed by atoms with E-state index < -0.39 is 10.0 Å². The Morgan fingerprint density at radius 3 is 2.64 bits per heavy atom. The first-order chi connectivity index (χ1) is 13.4. The van der Waals surface area contributed by atoms with E-state index >= 15 is 0 Å². The summed E-state index contributed by atoms with van der Waals surface area (Å²) in [4.78, 5) is 3.26. The van der Waals surface area contributed by atoms with Gasteiger partial charge in [-0.3, -0.25) is 4.72 Å². The fraction of sp³-hybridized carbons (Fsp3) is 0.368. The van der Waals surface area contributed by atoms with Gasteiger partial charge in [0.05, 0.1) is 12.8 Å². The predicted molar refractivity (Wildman–Crippen MR) is 104 cm³/mol. The SMILES string of the molecule is COc1ccccc1NS(=O)(=O)c1c(C)[nH]c(-c2nnc(C3CCC3)o2)c1C. The molecular weight excluding hydrogens is 380 g/mol. The summed E-state index contributed by atoms with van der Waals surface area (Å²) in [5, 5.41) is 8.24. The molecule has 0 atom stereocenters. The fourth-order valence-corrected chi connectivity index (χ4v) is 4.95. The summed E-state index contributed by atoms with van der Waals surface area (Å²) in [6, 6.07) is 6.86. The highest BCUT2D eigenvalue weighted by molar-refractivity contribution is 7.92. The molecule has 1 aliphatic rings. The van der Waals surface area contributed by atoms with Crippen molar-refractivity contribution in [2.24, 2.45) is 0 Å². The summed E-state index contributed by atoms with van der Waals surface area (Å²) < 4.78 is 39.8. The molecule has 28 heavy (non-hydrogen) atoms. The second kappa shape index (κ2) is 6.97. The number of anilines is 1. The lowest BCUT2D eigenvalue weighted by molar-refractivity contribution is 0.338. The standard InChI is InChI=1S/C19H22N4O4S/c1-11-16(19-22-21-18(27-19)13-7-6-8-13)20-12(2)17(11)28(24,25)23-14-9-4-5-10-15(14)26-3/h4-5,9-10,13,20,23H,6-8H2,1-3H3. The number of methoxy groups -OCH3 is 1. The number of rotatable bonds is 6. The van der Waals surface area contributed by atoms with Gasteiger partial charge in [0.2, 0.25) is 5.89 Å². The second-order valence-electron chi connectivity index (χ2n) is 6.96. The summed E-state index contributed by atoms with van der Waals surface area (Å²) >= 11 is 0. The van der Waals surface area contributed by atoms with Gasteiger partial charge in [-0.15, -0.1) is 10.2 Å². The number of aromatic amines is 1. The molecule has 1 aromatic carbocycles. The van der Waals surface area contributed by atoms with Crippen molar-refractivity contribution < 1.29 is 17.6 Å². The number of sulfonamides is 1. The lowest BCUT2D eigenvalue weighted by atomic mass is 9.85. The third kappa shape index (κ3) is 3.15. The van der Waals surface area contributed by atoms with Crippen molar-refractivity contribution in [2.45, 2.75) is 43.9 Å². The van der Waals surface area contributed by atoms with E-state index in [2.05, 4.69) is 19.9 Å². The maximum absolute atomic E-state index is 13.1. The Morgan fingerprint density at radius 1 is 1.21 bits per heavy atom. The predicted octanol–water partition coefficient (Wildman–Crippen LogP) is 3.76. The molecule has 0 spiro atoms. The molecule has 1 aliphatic carbocycles. The molecule has 0 bridgehead atoms. The second-order valence-corrected chi connectivity index (χ2v) is 8.58. The number of benzene rings is 1. The summed E-state index contributed by atoms with van der Waals surface area (Å²) in [5.41, 5.74) is 1.93. The Bertz CT molecular complexity index is 1110. The van der Waals surface area contributed by atoms with Crippen molar-refractivity contribution in [3.8, 4) is 17.3 Å². The van der Waals surface area contributed by atoms with Crippen LogP contribution in [-0.2, 0) is 10.0 Å². The van der Waals surface area contributed by atoms with Crippen LogP contribution in [0.2, 0.25) is 0 Å². The Labute approximate surface area is 163 Å². The highest BCUT2D eigenvalue weighted by atomic mass is 32.2. The maximum atomic E-state index is 13.1. The van der Waals surface area contributed by atoms with Gasteiger partial charge in [-0.25, -0.2) is 8.42 Å². The monoisotopic (exact) mass is 402 g/mol. The van der Waals surface area contributed by atoms with E-state index in [1.165, 1.54) is 13.5 Å². The van der Waals surface area contributed by atoms with Gasteiger partial charge in [-0.2, -0.15) is 0 Å².